The lowest BCUT2D eigenvalue weighted by atomic mass is 10.1. The summed E-state index contributed by atoms with van der Waals surface area (Å²) in [4.78, 5) is 8.18. The molecule has 2 aromatic carbocycles. The normalized spacial score (nSPS) is 12.3. The van der Waals surface area contributed by atoms with Gasteiger partial charge in [-0.05, 0) is 36.8 Å². The number of ether oxygens (including phenoxy) is 1. The van der Waals surface area contributed by atoms with Gasteiger partial charge in [0.05, 0.1) is 10.9 Å². The molecule has 0 bridgehead atoms. The molecular formula is C16H15ClN4O. The van der Waals surface area contributed by atoms with Crippen LogP contribution in [0, 0.1) is 0 Å². The Bertz CT molecular complexity index is 837. The molecule has 22 heavy (non-hydrogen) atoms. The maximum atomic E-state index is 6.03. The van der Waals surface area contributed by atoms with E-state index in [9.17, 15) is 0 Å². The van der Waals surface area contributed by atoms with Crippen molar-refractivity contribution in [1.82, 2.24) is 9.97 Å². The molecule has 0 fully saturated rings. The molecule has 5 nitrogen and oxygen atoms in total. The summed E-state index contributed by atoms with van der Waals surface area (Å²) in [5, 5.41) is 1.33. The summed E-state index contributed by atoms with van der Waals surface area (Å²) in [5.41, 5.74) is 13.2. The number of hydrogen-bond donors (Lipinski definition) is 2. The molecule has 1 heterocycles. The summed E-state index contributed by atoms with van der Waals surface area (Å²) >= 11 is 6.02. The third kappa shape index (κ3) is 2.76. The number of benzene rings is 2. The summed E-state index contributed by atoms with van der Waals surface area (Å²) < 4.78 is 6.03. The fraction of sp³-hybridized carbons (Fsp3) is 0.125. The highest BCUT2D eigenvalue weighted by Crippen LogP contribution is 2.32. The van der Waals surface area contributed by atoms with E-state index in [2.05, 4.69) is 9.97 Å². The number of nitrogen functional groups attached to an aromatic ring is 2. The minimum absolute atomic E-state index is 0.144. The van der Waals surface area contributed by atoms with Crippen molar-refractivity contribution < 1.29 is 4.74 Å². The lowest BCUT2D eigenvalue weighted by molar-refractivity contribution is 0.230. The van der Waals surface area contributed by atoms with Crippen LogP contribution in [0.4, 0.5) is 11.8 Å². The van der Waals surface area contributed by atoms with Gasteiger partial charge in [0.1, 0.15) is 17.7 Å². The largest absolute Gasteiger partial charge is 0.485 e. The van der Waals surface area contributed by atoms with Gasteiger partial charge >= 0.3 is 0 Å². The van der Waals surface area contributed by atoms with Gasteiger partial charge in [-0.1, -0.05) is 29.8 Å². The summed E-state index contributed by atoms with van der Waals surface area (Å²) in [6, 6.07) is 13.0. The molecule has 3 aromatic rings. The first-order valence-electron chi connectivity index (χ1n) is 6.78. The minimum Gasteiger partial charge on any atom is -0.485 e. The van der Waals surface area contributed by atoms with Crippen LogP contribution in [0.2, 0.25) is 5.02 Å². The number of hydrogen-bond acceptors (Lipinski definition) is 5. The Kier molecular flexibility index (Phi) is 3.73. The van der Waals surface area contributed by atoms with Gasteiger partial charge in [0.15, 0.2) is 0 Å². The van der Waals surface area contributed by atoms with Crippen molar-refractivity contribution in [3.05, 3.63) is 53.1 Å². The molecule has 112 valence electrons. The van der Waals surface area contributed by atoms with E-state index >= 15 is 0 Å². The number of fused-ring (bicyclic) bond motifs is 1. The van der Waals surface area contributed by atoms with Gasteiger partial charge in [-0.25, -0.2) is 4.98 Å². The van der Waals surface area contributed by atoms with Crippen molar-refractivity contribution in [2.45, 2.75) is 13.0 Å². The predicted octanol–water partition coefficient (Wildman–Crippen LogP) is 3.59. The average Bonchev–Trinajstić information content (AvgIpc) is 2.46. The van der Waals surface area contributed by atoms with Gasteiger partial charge in [0, 0.05) is 5.02 Å². The van der Waals surface area contributed by atoms with Crippen LogP contribution in [-0.4, -0.2) is 9.97 Å². The SMILES string of the molecule is C[C@@H](Oc1cccc2nc(N)nc(N)c12)c1cccc(Cl)c1. The second kappa shape index (κ2) is 5.69. The predicted molar refractivity (Wildman–Crippen MR) is 88.9 cm³/mol. The molecule has 0 spiro atoms. The summed E-state index contributed by atoms with van der Waals surface area (Å²) in [6.45, 7) is 1.94. The first kappa shape index (κ1) is 14.4. The zero-order valence-electron chi connectivity index (χ0n) is 12.0. The lowest BCUT2D eigenvalue weighted by Gasteiger charge is -2.17. The van der Waals surface area contributed by atoms with Crippen LogP contribution < -0.4 is 16.2 Å². The number of rotatable bonds is 3. The van der Waals surface area contributed by atoms with Crippen LogP contribution >= 0.6 is 11.6 Å². The third-order valence-corrected chi connectivity index (χ3v) is 3.59. The lowest BCUT2D eigenvalue weighted by Crippen LogP contribution is -2.06. The first-order chi connectivity index (χ1) is 10.5. The van der Waals surface area contributed by atoms with E-state index in [0.29, 0.717) is 27.5 Å². The quantitative estimate of drug-likeness (QED) is 0.771. The van der Waals surface area contributed by atoms with E-state index in [1.54, 1.807) is 0 Å². The van der Waals surface area contributed by atoms with Crippen molar-refractivity contribution in [2.75, 3.05) is 11.5 Å². The summed E-state index contributed by atoms with van der Waals surface area (Å²) in [5.74, 6) is 1.06. The van der Waals surface area contributed by atoms with Crippen LogP contribution in [0.1, 0.15) is 18.6 Å². The highest BCUT2D eigenvalue weighted by Gasteiger charge is 2.13. The van der Waals surface area contributed by atoms with E-state index in [1.165, 1.54) is 0 Å². The zero-order valence-corrected chi connectivity index (χ0v) is 12.7. The van der Waals surface area contributed by atoms with Gasteiger partial charge in [-0.15, -0.1) is 0 Å². The van der Waals surface area contributed by atoms with Crippen molar-refractivity contribution in [2.24, 2.45) is 0 Å². The molecule has 0 amide bonds. The van der Waals surface area contributed by atoms with E-state index in [0.717, 1.165) is 5.56 Å². The van der Waals surface area contributed by atoms with Gasteiger partial charge in [-0.3, -0.25) is 0 Å². The molecule has 0 saturated carbocycles. The Morgan fingerprint density at radius 3 is 2.64 bits per heavy atom. The maximum Gasteiger partial charge on any atom is 0.222 e. The molecular weight excluding hydrogens is 300 g/mol. The Morgan fingerprint density at radius 2 is 1.86 bits per heavy atom. The van der Waals surface area contributed by atoms with Crippen LogP contribution in [0.15, 0.2) is 42.5 Å². The molecule has 6 heteroatoms. The summed E-state index contributed by atoms with van der Waals surface area (Å²) in [6.07, 6.45) is -0.193. The molecule has 0 aliphatic heterocycles. The fourth-order valence-corrected chi connectivity index (χ4v) is 2.51. The molecule has 0 aliphatic carbocycles. The Balaban J connectivity index is 2.00. The van der Waals surface area contributed by atoms with E-state index in [1.807, 2.05) is 49.4 Å². The molecule has 4 N–H and O–H groups in total. The molecule has 0 saturated heterocycles. The topological polar surface area (TPSA) is 87.0 Å². The summed E-state index contributed by atoms with van der Waals surface area (Å²) in [7, 11) is 0. The number of halogens is 1. The van der Waals surface area contributed by atoms with Crippen LogP contribution in [-0.2, 0) is 0 Å². The molecule has 0 radical (unpaired) electrons. The van der Waals surface area contributed by atoms with E-state index in [4.69, 9.17) is 27.8 Å². The maximum absolute atomic E-state index is 6.03. The van der Waals surface area contributed by atoms with E-state index < -0.39 is 0 Å². The molecule has 1 atom stereocenters. The Labute approximate surface area is 132 Å². The fourth-order valence-electron chi connectivity index (χ4n) is 2.31. The van der Waals surface area contributed by atoms with Gasteiger partial charge in [0.25, 0.3) is 0 Å². The zero-order chi connectivity index (χ0) is 15.7. The number of nitrogens with zero attached hydrogens (tertiary/aromatic N) is 2. The van der Waals surface area contributed by atoms with Gasteiger partial charge in [-0.2, -0.15) is 4.98 Å². The highest BCUT2D eigenvalue weighted by atomic mass is 35.5. The highest BCUT2D eigenvalue weighted by molar-refractivity contribution is 6.30. The van der Waals surface area contributed by atoms with Crippen molar-refractivity contribution in [3.63, 3.8) is 0 Å². The van der Waals surface area contributed by atoms with Crippen LogP contribution in [0.5, 0.6) is 5.75 Å². The number of anilines is 2. The average molecular weight is 315 g/mol. The molecule has 0 aliphatic rings. The monoisotopic (exact) mass is 314 g/mol. The van der Waals surface area contributed by atoms with Crippen LogP contribution in [0.3, 0.4) is 0 Å². The van der Waals surface area contributed by atoms with Crippen molar-refractivity contribution in [3.8, 4) is 5.75 Å². The number of nitrogens with two attached hydrogens (primary N) is 2. The van der Waals surface area contributed by atoms with Crippen molar-refractivity contribution in [1.29, 1.82) is 0 Å². The molecule has 3 rings (SSSR count). The minimum atomic E-state index is -0.193. The van der Waals surface area contributed by atoms with Crippen molar-refractivity contribution >= 4 is 34.3 Å². The van der Waals surface area contributed by atoms with Gasteiger partial charge < -0.3 is 16.2 Å². The first-order valence-corrected chi connectivity index (χ1v) is 7.16. The van der Waals surface area contributed by atoms with Crippen LogP contribution in [0.25, 0.3) is 10.9 Å². The Morgan fingerprint density at radius 1 is 1.09 bits per heavy atom. The molecule has 0 unspecified atom stereocenters. The molecule has 1 aromatic heterocycles. The third-order valence-electron chi connectivity index (χ3n) is 3.35. The Hall–Kier alpha value is -2.53. The van der Waals surface area contributed by atoms with E-state index in [-0.39, 0.29) is 12.1 Å². The number of aromatic nitrogens is 2. The second-order valence-electron chi connectivity index (χ2n) is 4.93. The van der Waals surface area contributed by atoms with Gasteiger partial charge in [0.2, 0.25) is 5.95 Å². The smallest absolute Gasteiger partial charge is 0.222 e. The second-order valence-corrected chi connectivity index (χ2v) is 5.37. The standard InChI is InChI=1S/C16H15ClN4O/c1-9(10-4-2-5-11(17)8-10)22-13-7-3-6-12-14(13)15(18)21-16(19)20-12/h2-9H,1H3,(H4,18,19,20,21)/t9-/m1/s1.